The van der Waals surface area contributed by atoms with Crippen molar-refractivity contribution in [1.29, 1.82) is 0 Å². The molecule has 1 atom stereocenters. The highest BCUT2D eigenvalue weighted by atomic mass is 79.9. The normalized spacial score (nSPS) is 17.8. The van der Waals surface area contributed by atoms with Crippen LogP contribution in [0.5, 0.6) is 5.75 Å². The summed E-state index contributed by atoms with van der Waals surface area (Å²) in [5, 5.41) is 19.3. The van der Waals surface area contributed by atoms with Gasteiger partial charge in [-0.1, -0.05) is 22.0 Å². The number of phenolic OH excluding ortho intramolecular Hbond substituents is 1. The lowest BCUT2D eigenvalue weighted by Crippen LogP contribution is -2.47. The SMILES string of the molecule is O=c1[nH]c(C(Br)CCN2CCN(CCO)CC2)nc2c(O)cccc12. The molecule has 1 aromatic heterocycles. The van der Waals surface area contributed by atoms with E-state index in [0.717, 1.165) is 45.7 Å². The number of nitrogens with zero attached hydrogens (tertiary/aromatic N) is 3. The number of benzene rings is 1. The molecule has 3 rings (SSSR count). The van der Waals surface area contributed by atoms with Gasteiger partial charge in [0.05, 0.1) is 16.8 Å². The third kappa shape index (κ3) is 4.38. The van der Waals surface area contributed by atoms with Crippen molar-refractivity contribution < 1.29 is 10.2 Å². The Hall–Kier alpha value is -1.48. The number of fused-ring (bicyclic) bond motifs is 1. The maximum absolute atomic E-state index is 12.2. The van der Waals surface area contributed by atoms with Crippen LogP contribution in [0, 0.1) is 0 Å². The van der Waals surface area contributed by atoms with Gasteiger partial charge in [0.25, 0.3) is 5.56 Å². The van der Waals surface area contributed by atoms with Crippen molar-refractivity contribution >= 4 is 26.8 Å². The van der Waals surface area contributed by atoms with E-state index >= 15 is 0 Å². The third-order valence-electron chi connectivity index (χ3n) is 4.61. The molecule has 8 heteroatoms. The molecule has 0 radical (unpaired) electrons. The topological polar surface area (TPSA) is 92.7 Å². The van der Waals surface area contributed by atoms with Gasteiger partial charge in [0.15, 0.2) is 0 Å². The monoisotopic (exact) mass is 410 g/mol. The van der Waals surface area contributed by atoms with E-state index in [1.54, 1.807) is 12.1 Å². The second-order valence-electron chi connectivity index (χ2n) is 6.29. The third-order valence-corrected chi connectivity index (χ3v) is 5.50. The lowest BCUT2D eigenvalue weighted by molar-refractivity contribution is 0.112. The maximum atomic E-state index is 12.2. The molecule has 2 heterocycles. The largest absolute Gasteiger partial charge is 0.506 e. The van der Waals surface area contributed by atoms with Gasteiger partial charge in [-0.2, -0.15) is 0 Å². The summed E-state index contributed by atoms with van der Waals surface area (Å²) in [6, 6.07) is 4.82. The molecule has 1 saturated heterocycles. The van der Waals surface area contributed by atoms with Crippen LogP contribution in [0.4, 0.5) is 0 Å². The summed E-state index contributed by atoms with van der Waals surface area (Å²) in [6.07, 6.45) is 0.808. The zero-order valence-corrected chi connectivity index (χ0v) is 15.6. The van der Waals surface area contributed by atoms with Gasteiger partial charge in [-0.15, -0.1) is 0 Å². The summed E-state index contributed by atoms with van der Waals surface area (Å²) >= 11 is 3.61. The molecular weight excluding hydrogens is 388 g/mol. The highest BCUT2D eigenvalue weighted by Gasteiger charge is 2.19. The van der Waals surface area contributed by atoms with E-state index < -0.39 is 0 Å². The summed E-state index contributed by atoms with van der Waals surface area (Å²) in [6.45, 7) is 5.71. The number of hydrogen-bond acceptors (Lipinski definition) is 6. The molecule has 1 aromatic carbocycles. The van der Waals surface area contributed by atoms with Crippen LogP contribution in [0.1, 0.15) is 17.1 Å². The van der Waals surface area contributed by atoms with Gasteiger partial charge >= 0.3 is 0 Å². The minimum atomic E-state index is -0.238. The van der Waals surface area contributed by atoms with Crippen LogP contribution in [0.25, 0.3) is 10.9 Å². The molecule has 0 spiro atoms. The van der Waals surface area contributed by atoms with Crippen LogP contribution in [-0.2, 0) is 0 Å². The first-order valence-corrected chi connectivity index (χ1v) is 9.41. The van der Waals surface area contributed by atoms with Gasteiger partial charge in [0.1, 0.15) is 17.1 Å². The fraction of sp³-hybridized carbons (Fsp3) is 0.529. The molecule has 1 fully saturated rings. The van der Waals surface area contributed by atoms with E-state index in [4.69, 9.17) is 5.11 Å². The Labute approximate surface area is 154 Å². The van der Waals surface area contributed by atoms with Gasteiger partial charge in [0.2, 0.25) is 0 Å². The number of rotatable bonds is 6. The highest BCUT2D eigenvalue weighted by Crippen LogP contribution is 2.26. The molecule has 0 amide bonds. The number of nitrogens with one attached hydrogen (secondary N) is 1. The van der Waals surface area contributed by atoms with E-state index in [0.29, 0.717) is 16.7 Å². The fourth-order valence-electron chi connectivity index (χ4n) is 3.12. The van der Waals surface area contributed by atoms with Crippen molar-refractivity contribution in [1.82, 2.24) is 19.8 Å². The van der Waals surface area contributed by atoms with Crippen LogP contribution < -0.4 is 5.56 Å². The molecule has 0 saturated carbocycles. The number of phenols is 1. The van der Waals surface area contributed by atoms with Crippen LogP contribution in [0.3, 0.4) is 0 Å². The molecule has 1 aliphatic heterocycles. The highest BCUT2D eigenvalue weighted by molar-refractivity contribution is 9.09. The number of aromatic hydroxyl groups is 1. The van der Waals surface area contributed by atoms with Gasteiger partial charge in [-0.25, -0.2) is 4.98 Å². The second-order valence-corrected chi connectivity index (χ2v) is 7.39. The number of β-amino-alcohol motifs (C(OH)–C–C–N with tert-alkyl or cyclic N) is 1. The molecule has 3 N–H and O–H groups in total. The Morgan fingerprint density at radius 3 is 2.56 bits per heavy atom. The number of aromatic nitrogens is 2. The number of aromatic amines is 1. The smallest absolute Gasteiger partial charge is 0.258 e. The number of hydrogen-bond donors (Lipinski definition) is 3. The van der Waals surface area contributed by atoms with Crippen LogP contribution >= 0.6 is 15.9 Å². The van der Waals surface area contributed by atoms with Gasteiger partial charge in [-0.05, 0) is 25.1 Å². The molecule has 1 unspecified atom stereocenters. The van der Waals surface area contributed by atoms with Crippen molar-refractivity contribution in [3.63, 3.8) is 0 Å². The quantitative estimate of drug-likeness (QED) is 0.616. The zero-order valence-electron chi connectivity index (χ0n) is 14.0. The van der Waals surface area contributed by atoms with Crippen molar-refractivity contribution in [2.45, 2.75) is 11.2 Å². The first-order chi connectivity index (χ1) is 12.1. The summed E-state index contributed by atoms with van der Waals surface area (Å²) < 4.78 is 0. The van der Waals surface area contributed by atoms with E-state index in [-0.39, 0.29) is 22.7 Å². The summed E-state index contributed by atoms with van der Waals surface area (Å²) in [4.78, 5) is 24.0. The molecule has 0 aliphatic carbocycles. The molecule has 136 valence electrons. The minimum absolute atomic E-state index is 0.0181. The summed E-state index contributed by atoms with van der Waals surface area (Å²) in [5.74, 6) is 0.558. The Morgan fingerprint density at radius 1 is 1.20 bits per heavy atom. The van der Waals surface area contributed by atoms with Gasteiger partial charge < -0.3 is 20.1 Å². The molecule has 0 bridgehead atoms. The van der Waals surface area contributed by atoms with Gasteiger partial charge in [-0.3, -0.25) is 9.69 Å². The minimum Gasteiger partial charge on any atom is -0.506 e. The molecule has 7 nitrogen and oxygen atoms in total. The summed E-state index contributed by atoms with van der Waals surface area (Å²) in [7, 11) is 0. The fourth-order valence-corrected chi connectivity index (χ4v) is 3.54. The van der Waals surface area contributed by atoms with Crippen molar-refractivity contribution in [2.75, 3.05) is 45.9 Å². The first-order valence-electron chi connectivity index (χ1n) is 8.50. The zero-order chi connectivity index (χ0) is 17.8. The molecule has 1 aliphatic rings. The van der Waals surface area contributed by atoms with Crippen molar-refractivity contribution in [3.05, 3.63) is 34.4 Å². The van der Waals surface area contributed by atoms with E-state index in [2.05, 4.69) is 35.7 Å². The number of aliphatic hydroxyl groups excluding tert-OH is 1. The number of halogens is 1. The van der Waals surface area contributed by atoms with E-state index in [1.807, 2.05) is 0 Å². The Kier molecular flexibility index (Phi) is 6.06. The van der Waals surface area contributed by atoms with Gasteiger partial charge in [0, 0.05) is 32.7 Å². The Morgan fingerprint density at radius 2 is 1.88 bits per heavy atom. The molecule has 2 aromatic rings. The van der Waals surface area contributed by atoms with Crippen molar-refractivity contribution in [2.24, 2.45) is 0 Å². The standard InChI is InChI=1S/C17H23BrN4O3/c18-13(4-5-21-6-8-22(9-7-21)10-11-23)16-19-15-12(17(25)20-16)2-1-3-14(15)24/h1-3,13,23-24H,4-11H2,(H,19,20,25). The van der Waals surface area contributed by atoms with E-state index in [1.165, 1.54) is 6.07 Å². The molecule has 25 heavy (non-hydrogen) atoms. The van der Waals surface area contributed by atoms with Crippen molar-refractivity contribution in [3.8, 4) is 5.75 Å². The van der Waals surface area contributed by atoms with Crippen LogP contribution in [0.15, 0.2) is 23.0 Å². The lowest BCUT2D eigenvalue weighted by atomic mass is 10.2. The number of H-pyrrole nitrogens is 1. The predicted molar refractivity (Wildman–Crippen MR) is 100 cm³/mol. The summed E-state index contributed by atoms with van der Waals surface area (Å²) in [5.41, 5.74) is 0.0984. The number of para-hydroxylation sites is 1. The lowest BCUT2D eigenvalue weighted by Gasteiger charge is -2.34. The van der Waals surface area contributed by atoms with Crippen LogP contribution in [0.2, 0.25) is 0 Å². The molecular formula is C17H23BrN4O3. The Bertz CT molecular complexity index is 774. The van der Waals surface area contributed by atoms with E-state index in [9.17, 15) is 9.90 Å². The maximum Gasteiger partial charge on any atom is 0.258 e. The number of alkyl halides is 1. The average molecular weight is 411 g/mol. The average Bonchev–Trinajstić information content (AvgIpc) is 2.62. The Balaban J connectivity index is 1.62. The predicted octanol–water partition coefficient (Wildman–Crippen LogP) is 1.06. The first kappa shape index (κ1) is 18.3. The second kappa shape index (κ2) is 8.27. The van der Waals surface area contributed by atoms with Crippen LogP contribution in [-0.4, -0.2) is 75.9 Å². The number of aliphatic hydroxyl groups is 1. The number of piperazine rings is 1.